The fourth-order valence-corrected chi connectivity index (χ4v) is 2.53. The van der Waals surface area contributed by atoms with Crippen LogP contribution in [0.5, 0.6) is 0 Å². The minimum atomic E-state index is -0.170. The van der Waals surface area contributed by atoms with Crippen LogP contribution in [-0.4, -0.2) is 42.9 Å². The van der Waals surface area contributed by atoms with Gasteiger partial charge in [-0.1, -0.05) is 12.1 Å². The van der Waals surface area contributed by atoms with E-state index in [2.05, 4.69) is 4.90 Å². The fourth-order valence-electron chi connectivity index (χ4n) is 2.53. The molecule has 100 valence electrons. The van der Waals surface area contributed by atoms with Gasteiger partial charge in [-0.2, -0.15) is 0 Å². The summed E-state index contributed by atoms with van der Waals surface area (Å²) in [4.78, 5) is 2.33. The average molecular weight is 253 g/mol. The second kappa shape index (κ2) is 6.83. The molecule has 0 spiro atoms. The highest BCUT2D eigenvalue weighted by Crippen LogP contribution is 2.31. The number of aliphatic hydroxyl groups is 1. The Hall–Kier alpha value is -0.970. The van der Waals surface area contributed by atoms with Crippen molar-refractivity contribution in [2.45, 2.75) is 18.9 Å². The first-order valence-electron chi connectivity index (χ1n) is 6.49. The van der Waals surface area contributed by atoms with Crippen LogP contribution < -0.4 is 0 Å². The number of hydrogen-bond acceptors (Lipinski definition) is 3. The summed E-state index contributed by atoms with van der Waals surface area (Å²) in [5, 5.41) is 8.64. The summed E-state index contributed by atoms with van der Waals surface area (Å²) >= 11 is 0. The lowest BCUT2D eigenvalue weighted by atomic mass is 10.0. The average Bonchev–Trinajstić information content (AvgIpc) is 2.83. The van der Waals surface area contributed by atoms with E-state index in [1.54, 1.807) is 12.1 Å². The standard InChI is InChI=1S/C14H20FNO2/c15-13-4-1-3-12(11-13)14-5-2-6-16(14)7-9-18-10-8-17/h1,3-4,11,14,17H,2,5-10H2. The van der Waals surface area contributed by atoms with Crippen LogP contribution in [-0.2, 0) is 4.74 Å². The van der Waals surface area contributed by atoms with E-state index in [-0.39, 0.29) is 12.4 Å². The molecule has 1 aromatic rings. The molecule has 0 radical (unpaired) electrons. The summed E-state index contributed by atoms with van der Waals surface area (Å²) < 4.78 is 18.5. The van der Waals surface area contributed by atoms with Gasteiger partial charge in [0.05, 0.1) is 19.8 Å². The molecule has 1 N–H and O–H groups in total. The van der Waals surface area contributed by atoms with Crippen LogP contribution in [0.25, 0.3) is 0 Å². The number of rotatable bonds is 6. The zero-order valence-corrected chi connectivity index (χ0v) is 10.5. The van der Waals surface area contributed by atoms with E-state index in [1.807, 2.05) is 6.07 Å². The fraction of sp³-hybridized carbons (Fsp3) is 0.571. The van der Waals surface area contributed by atoms with Crippen LogP contribution in [0.3, 0.4) is 0 Å². The highest BCUT2D eigenvalue weighted by atomic mass is 19.1. The molecule has 1 saturated heterocycles. The summed E-state index contributed by atoms with van der Waals surface area (Å²) in [6.45, 7) is 2.93. The zero-order valence-electron chi connectivity index (χ0n) is 10.5. The van der Waals surface area contributed by atoms with Crippen LogP contribution in [0.1, 0.15) is 24.4 Å². The number of halogens is 1. The van der Waals surface area contributed by atoms with Gasteiger partial charge in [-0.05, 0) is 37.1 Å². The predicted molar refractivity (Wildman–Crippen MR) is 67.9 cm³/mol. The second-order valence-electron chi connectivity index (χ2n) is 4.58. The molecule has 1 heterocycles. The van der Waals surface area contributed by atoms with Gasteiger partial charge in [0.15, 0.2) is 0 Å². The van der Waals surface area contributed by atoms with E-state index < -0.39 is 0 Å². The van der Waals surface area contributed by atoms with Gasteiger partial charge in [-0.15, -0.1) is 0 Å². The van der Waals surface area contributed by atoms with Crippen molar-refractivity contribution < 1.29 is 14.2 Å². The van der Waals surface area contributed by atoms with E-state index in [0.717, 1.165) is 31.5 Å². The number of benzene rings is 1. The van der Waals surface area contributed by atoms with Crippen LogP contribution in [0.2, 0.25) is 0 Å². The highest BCUT2D eigenvalue weighted by Gasteiger charge is 2.25. The normalized spacial score (nSPS) is 20.4. The first-order valence-corrected chi connectivity index (χ1v) is 6.49. The molecule has 18 heavy (non-hydrogen) atoms. The maximum absolute atomic E-state index is 13.2. The molecule has 1 aromatic carbocycles. The summed E-state index contributed by atoms with van der Waals surface area (Å²) in [6, 6.07) is 7.16. The van der Waals surface area contributed by atoms with Gasteiger partial charge >= 0.3 is 0 Å². The van der Waals surface area contributed by atoms with E-state index in [1.165, 1.54) is 6.07 Å². The Balaban J connectivity index is 1.91. The van der Waals surface area contributed by atoms with Gasteiger partial charge < -0.3 is 9.84 Å². The minimum absolute atomic E-state index is 0.0628. The lowest BCUT2D eigenvalue weighted by Crippen LogP contribution is -2.27. The molecule has 2 rings (SSSR count). The van der Waals surface area contributed by atoms with Crippen LogP contribution in [0.15, 0.2) is 24.3 Å². The molecule has 0 aliphatic carbocycles. The van der Waals surface area contributed by atoms with Crippen LogP contribution in [0.4, 0.5) is 4.39 Å². The van der Waals surface area contributed by atoms with Crippen molar-refractivity contribution in [3.8, 4) is 0 Å². The molecule has 0 amide bonds. The highest BCUT2D eigenvalue weighted by molar-refractivity contribution is 5.21. The smallest absolute Gasteiger partial charge is 0.123 e. The first kappa shape index (κ1) is 13.5. The van der Waals surface area contributed by atoms with Crippen molar-refractivity contribution in [2.24, 2.45) is 0 Å². The SMILES string of the molecule is OCCOCCN1CCCC1c1cccc(F)c1. The molecule has 0 bridgehead atoms. The maximum atomic E-state index is 13.2. The molecule has 0 aromatic heterocycles. The van der Waals surface area contributed by atoms with Gasteiger partial charge in [-0.3, -0.25) is 4.90 Å². The molecule has 1 fully saturated rings. The topological polar surface area (TPSA) is 32.7 Å². The van der Waals surface area contributed by atoms with E-state index in [0.29, 0.717) is 19.3 Å². The Morgan fingerprint density at radius 3 is 3.06 bits per heavy atom. The molecular formula is C14H20FNO2. The second-order valence-corrected chi connectivity index (χ2v) is 4.58. The lowest BCUT2D eigenvalue weighted by molar-refractivity contribution is 0.0709. The lowest BCUT2D eigenvalue weighted by Gasteiger charge is -2.24. The molecule has 1 unspecified atom stereocenters. The Labute approximate surface area is 107 Å². The predicted octanol–water partition coefficient (Wildman–Crippen LogP) is 1.97. The first-order chi connectivity index (χ1) is 8.81. The quantitative estimate of drug-likeness (QED) is 0.787. The van der Waals surface area contributed by atoms with Crippen molar-refractivity contribution in [3.63, 3.8) is 0 Å². The van der Waals surface area contributed by atoms with Crippen molar-refractivity contribution >= 4 is 0 Å². The Bertz CT molecular complexity index is 373. The van der Waals surface area contributed by atoms with E-state index in [9.17, 15) is 4.39 Å². The van der Waals surface area contributed by atoms with Crippen molar-refractivity contribution in [1.82, 2.24) is 4.90 Å². The largest absolute Gasteiger partial charge is 0.394 e. The number of nitrogens with zero attached hydrogens (tertiary/aromatic N) is 1. The van der Waals surface area contributed by atoms with Crippen LogP contribution >= 0.6 is 0 Å². The Morgan fingerprint density at radius 2 is 2.28 bits per heavy atom. The molecule has 1 aliphatic rings. The van der Waals surface area contributed by atoms with Crippen molar-refractivity contribution in [3.05, 3.63) is 35.6 Å². The summed E-state index contributed by atoms with van der Waals surface area (Å²) in [5.41, 5.74) is 1.05. The molecular weight excluding hydrogens is 233 g/mol. The van der Waals surface area contributed by atoms with Gasteiger partial charge in [0.1, 0.15) is 5.82 Å². The van der Waals surface area contributed by atoms with Crippen LogP contribution in [0, 0.1) is 5.82 Å². The molecule has 1 atom stereocenters. The van der Waals surface area contributed by atoms with Gasteiger partial charge in [-0.25, -0.2) is 4.39 Å². The maximum Gasteiger partial charge on any atom is 0.123 e. The minimum Gasteiger partial charge on any atom is -0.394 e. The summed E-state index contributed by atoms with van der Waals surface area (Å²) in [7, 11) is 0. The van der Waals surface area contributed by atoms with Gasteiger partial charge in [0.25, 0.3) is 0 Å². The monoisotopic (exact) mass is 253 g/mol. The van der Waals surface area contributed by atoms with Crippen molar-refractivity contribution in [2.75, 3.05) is 32.9 Å². The number of likely N-dealkylation sites (tertiary alicyclic amines) is 1. The summed E-state index contributed by atoms with van der Waals surface area (Å²) in [6.07, 6.45) is 2.21. The van der Waals surface area contributed by atoms with Gasteiger partial charge in [0, 0.05) is 12.6 Å². The third kappa shape index (κ3) is 3.51. The molecule has 4 heteroatoms. The number of ether oxygens (including phenoxy) is 1. The van der Waals surface area contributed by atoms with Gasteiger partial charge in [0.2, 0.25) is 0 Å². The van der Waals surface area contributed by atoms with E-state index in [4.69, 9.17) is 9.84 Å². The van der Waals surface area contributed by atoms with Crippen molar-refractivity contribution in [1.29, 1.82) is 0 Å². The third-order valence-corrected chi connectivity index (χ3v) is 3.36. The number of hydrogen-bond donors (Lipinski definition) is 1. The Kier molecular flexibility index (Phi) is 5.11. The van der Waals surface area contributed by atoms with E-state index >= 15 is 0 Å². The number of aliphatic hydroxyl groups excluding tert-OH is 1. The molecule has 1 aliphatic heterocycles. The zero-order chi connectivity index (χ0) is 12.8. The Morgan fingerprint density at radius 1 is 1.39 bits per heavy atom. The third-order valence-electron chi connectivity index (χ3n) is 3.36. The molecule has 0 saturated carbocycles. The summed E-state index contributed by atoms with van der Waals surface area (Å²) in [5.74, 6) is -0.170. The molecule has 3 nitrogen and oxygen atoms in total.